The zero-order chi connectivity index (χ0) is 13.2. The molecule has 0 aliphatic rings. The zero-order valence-corrected chi connectivity index (χ0v) is 9.95. The molecule has 0 atom stereocenters. The van der Waals surface area contributed by atoms with E-state index < -0.39 is 22.5 Å². The second-order valence-electron chi connectivity index (χ2n) is 3.29. The number of Topliss-reactive ketones (excluding diaryl/α,β-unsaturated/α-hetero) is 1. The molecule has 0 amide bonds. The molecule has 0 spiro atoms. The van der Waals surface area contributed by atoms with Crippen molar-refractivity contribution in [3.63, 3.8) is 0 Å². The lowest BCUT2D eigenvalue weighted by Crippen LogP contribution is -2.10. The average molecular weight is 267 g/mol. The predicted octanol–water partition coefficient (Wildman–Crippen LogP) is 3.96. The Morgan fingerprint density at radius 2 is 2.00 bits per heavy atom. The number of rotatable bonds is 3. The number of hydrogen-bond donors (Lipinski definition) is 0. The third-order valence-corrected chi connectivity index (χ3v) is 2.45. The van der Waals surface area contributed by atoms with Crippen molar-refractivity contribution in [1.82, 2.24) is 0 Å². The lowest BCUT2D eigenvalue weighted by atomic mass is 10.1. The van der Waals surface area contributed by atoms with E-state index in [1.165, 1.54) is 0 Å². The van der Waals surface area contributed by atoms with Gasteiger partial charge in [-0.05, 0) is 26.0 Å². The summed E-state index contributed by atoms with van der Waals surface area (Å²) in [4.78, 5) is 11.3. The molecule has 0 N–H and O–H groups in total. The lowest BCUT2D eigenvalue weighted by molar-refractivity contribution is -0.137. The maximum atomic E-state index is 12.6. The first-order valence-corrected chi connectivity index (χ1v) is 5.20. The van der Waals surface area contributed by atoms with Crippen LogP contribution in [0.15, 0.2) is 12.1 Å². The molecule has 0 unspecified atom stereocenters. The van der Waals surface area contributed by atoms with Crippen LogP contribution in [0.4, 0.5) is 13.2 Å². The first-order chi connectivity index (χ1) is 7.79. The molecule has 6 heteroatoms. The maximum Gasteiger partial charge on any atom is 0.417 e. The van der Waals surface area contributed by atoms with Crippen LogP contribution < -0.4 is 4.74 Å². The van der Waals surface area contributed by atoms with Gasteiger partial charge in [-0.3, -0.25) is 4.79 Å². The highest BCUT2D eigenvalue weighted by atomic mass is 35.5. The molecule has 0 saturated carbocycles. The highest BCUT2D eigenvalue weighted by molar-refractivity contribution is 6.35. The molecule has 2 nitrogen and oxygen atoms in total. The van der Waals surface area contributed by atoms with Crippen LogP contribution in [0.5, 0.6) is 5.75 Å². The Labute approximate surface area is 101 Å². The summed E-state index contributed by atoms with van der Waals surface area (Å²) in [6.45, 7) is 3.04. The van der Waals surface area contributed by atoms with Gasteiger partial charge < -0.3 is 4.74 Å². The third-order valence-electron chi connectivity index (χ3n) is 2.06. The molecule has 0 aliphatic carbocycles. The SMILES string of the molecule is CCOc1ccc(C(F)(F)F)c(Cl)c1C(C)=O. The Morgan fingerprint density at radius 3 is 2.41 bits per heavy atom. The van der Waals surface area contributed by atoms with Crippen LogP contribution in [0, 0.1) is 0 Å². The summed E-state index contributed by atoms with van der Waals surface area (Å²) < 4.78 is 42.8. The highest BCUT2D eigenvalue weighted by Gasteiger charge is 2.35. The molecule has 17 heavy (non-hydrogen) atoms. The van der Waals surface area contributed by atoms with Crippen LogP contribution in [0.25, 0.3) is 0 Å². The number of ketones is 1. The summed E-state index contributed by atoms with van der Waals surface area (Å²) in [6.07, 6.45) is -4.59. The second-order valence-corrected chi connectivity index (χ2v) is 3.67. The quantitative estimate of drug-likeness (QED) is 0.774. The normalized spacial score (nSPS) is 11.4. The number of carbonyl (C=O) groups is 1. The Balaban J connectivity index is 3.44. The number of halogens is 4. The Morgan fingerprint density at radius 1 is 1.41 bits per heavy atom. The summed E-state index contributed by atoms with van der Waals surface area (Å²) >= 11 is 5.61. The van der Waals surface area contributed by atoms with E-state index in [0.717, 1.165) is 19.1 Å². The predicted molar refractivity (Wildman–Crippen MR) is 57.6 cm³/mol. The fourth-order valence-electron chi connectivity index (χ4n) is 1.38. The number of ether oxygens (including phenoxy) is 1. The van der Waals surface area contributed by atoms with Crippen LogP contribution in [0.2, 0.25) is 5.02 Å². The lowest BCUT2D eigenvalue weighted by Gasteiger charge is -2.14. The summed E-state index contributed by atoms with van der Waals surface area (Å²) in [5.41, 5.74) is -1.27. The summed E-state index contributed by atoms with van der Waals surface area (Å²) in [7, 11) is 0. The van der Waals surface area contributed by atoms with Gasteiger partial charge in [0.05, 0.1) is 22.8 Å². The third kappa shape index (κ3) is 2.91. The van der Waals surface area contributed by atoms with Crippen molar-refractivity contribution in [1.29, 1.82) is 0 Å². The second kappa shape index (κ2) is 4.96. The van der Waals surface area contributed by atoms with Gasteiger partial charge in [-0.25, -0.2) is 0 Å². The minimum Gasteiger partial charge on any atom is -0.493 e. The molecular formula is C11H10ClF3O2. The van der Waals surface area contributed by atoms with Gasteiger partial charge in [0.2, 0.25) is 0 Å². The van der Waals surface area contributed by atoms with Crippen molar-refractivity contribution < 1.29 is 22.7 Å². The molecule has 1 aromatic carbocycles. The molecule has 0 bridgehead atoms. The number of carbonyl (C=O) groups excluding carboxylic acids is 1. The molecule has 0 saturated heterocycles. The van der Waals surface area contributed by atoms with Crippen molar-refractivity contribution in [2.45, 2.75) is 20.0 Å². The van der Waals surface area contributed by atoms with Gasteiger partial charge in [0, 0.05) is 0 Å². The molecule has 0 radical (unpaired) electrons. The number of benzene rings is 1. The highest BCUT2D eigenvalue weighted by Crippen LogP contribution is 2.39. The van der Waals surface area contributed by atoms with E-state index in [1.807, 2.05) is 0 Å². The Kier molecular flexibility index (Phi) is 4.03. The van der Waals surface area contributed by atoms with Crippen LogP contribution in [0.1, 0.15) is 29.8 Å². The van der Waals surface area contributed by atoms with Crippen LogP contribution in [-0.2, 0) is 6.18 Å². The van der Waals surface area contributed by atoms with E-state index in [4.69, 9.17) is 16.3 Å². The van der Waals surface area contributed by atoms with Crippen molar-refractivity contribution in [2.75, 3.05) is 6.61 Å². The van der Waals surface area contributed by atoms with Gasteiger partial charge in [-0.2, -0.15) is 13.2 Å². The van der Waals surface area contributed by atoms with Gasteiger partial charge in [0.25, 0.3) is 0 Å². The van der Waals surface area contributed by atoms with E-state index in [9.17, 15) is 18.0 Å². The molecule has 0 fully saturated rings. The fraction of sp³-hybridized carbons (Fsp3) is 0.364. The fourth-order valence-corrected chi connectivity index (χ4v) is 1.78. The Hall–Kier alpha value is -1.23. The van der Waals surface area contributed by atoms with E-state index in [1.54, 1.807) is 6.92 Å². The first kappa shape index (κ1) is 13.8. The van der Waals surface area contributed by atoms with Crippen molar-refractivity contribution in [3.05, 3.63) is 28.3 Å². The van der Waals surface area contributed by atoms with Crippen LogP contribution >= 0.6 is 11.6 Å². The maximum absolute atomic E-state index is 12.6. The molecule has 0 heterocycles. The van der Waals surface area contributed by atoms with E-state index in [0.29, 0.717) is 0 Å². The molecule has 1 aromatic rings. The zero-order valence-electron chi connectivity index (χ0n) is 9.19. The number of hydrogen-bond acceptors (Lipinski definition) is 2. The smallest absolute Gasteiger partial charge is 0.417 e. The molecule has 0 aliphatic heterocycles. The monoisotopic (exact) mass is 266 g/mol. The van der Waals surface area contributed by atoms with Crippen molar-refractivity contribution in [2.24, 2.45) is 0 Å². The Bertz CT molecular complexity index is 441. The summed E-state index contributed by atoms with van der Waals surface area (Å²) in [5.74, 6) is -0.498. The van der Waals surface area contributed by atoms with Gasteiger partial charge in [-0.1, -0.05) is 11.6 Å². The first-order valence-electron chi connectivity index (χ1n) is 4.82. The van der Waals surface area contributed by atoms with Gasteiger partial charge >= 0.3 is 6.18 Å². The van der Waals surface area contributed by atoms with Gasteiger partial charge in [0.15, 0.2) is 5.78 Å². The van der Waals surface area contributed by atoms with Crippen molar-refractivity contribution >= 4 is 17.4 Å². The minimum absolute atomic E-state index is 0.0676. The van der Waals surface area contributed by atoms with Gasteiger partial charge in [-0.15, -0.1) is 0 Å². The largest absolute Gasteiger partial charge is 0.493 e. The topological polar surface area (TPSA) is 26.3 Å². The van der Waals surface area contributed by atoms with Crippen LogP contribution in [-0.4, -0.2) is 12.4 Å². The van der Waals surface area contributed by atoms with Crippen LogP contribution in [0.3, 0.4) is 0 Å². The molecule has 1 rings (SSSR count). The van der Waals surface area contributed by atoms with E-state index in [2.05, 4.69) is 0 Å². The standard InChI is InChI=1S/C11H10ClF3O2/c1-3-17-8-5-4-7(11(13,14)15)10(12)9(8)6(2)16/h4-5H,3H2,1-2H3. The van der Waals surface area contributed by atoms with Gasteiger partial charge in [0.1, 0.15) is 5.75 Å². The van der Waals surface area contributed by atoms with Crippen molar-refractivity contribution in [3.8, 4) is 5.75 Å². The number of alkyl halides is 3. The molecule has 0 aromatic heterocycles. The van der Waals surface area contributed by atoms with E-state index >= 15 is 0 Å². The average Bonchev–Trinajstić information content (AvgIpc) is 2.15. The molecule has 94 valence electrons. The van der Waals surface area contributed by atoms with E-state index in [-0.39, 0.29) is 17.9 Å². The minimum atomic E-state index is -4.59. The summed E-state index contributed by atoms with van der Waals surface area (Å²) in [5, 5.41) is -0.615. The molecular weight excluding hydrogens is 257 g/mol. The summed E-state index contributed by atoms with van der Waals surface area (Å²) in [6, 6.07) is 1.91.